The third-order valence-electron chi connectivity index (χ3n) is 2.98. The number of benzene rings is 2. The molecule has 0 saturated carbocycles. The van der Waals surface area contributed by atoms with Crippen molar-refractivity contribution in [1.82, 2.24) is 5.32 Å². The van der Waals surface area contributed by atoms with Crippen LogP contribution in [0.3, 0.4) is 0 Å². The zero-order valence-electron chi connectivity index (χ0n) is 11.3. The van der Waals surface area contributed by atoms with E-state index in [9.17, 15) is 9.18 Å². The molecule has 0 aromatic heterocycles. The van der Waals surface area contributed by atoms with Gasteiger partial charge in [-0.2, -0.15) is 0 Å². The molecule has 2 N–H and O–H groups in total. The van der Waals surface area contributed by atoms with E-state index in [-0.39, 0.29) is 11.7 Å². The van der Waals surface area contributed by atoms with Crippen molar-refractivity contribution in [2.45, 2.75) is 13.0 Å². The Bertz CT molecular complexity index is 581. The normalized spacial score (nSPS) is 10.1. The van der Waals surface area contributed by atoms with Gasteiger partial charge in [0.15, 0.2) is 0 Å². The molecule has 3 nitrogen and oxygen atoms in total. The molecule has 104 valence electrons. The Morgan fingerprint density at radius 1 is 1.10 bits per heavy atom. The van der Waals surface area contributed by atoms with Crippen LogP contribution in [0.4, 0.5) is 10.1 Å². The summed E-state index contributed by atoms with van der Waals surface area (Å²) < 4.78 is 13.0. The molecule has 0 saturated heterocycles. The zero-order valence-corrected chi connectivity index (χ0v) is 11.3. The number of anilines is 1. The Hall–Kier alpha value is -2.36. The average molecular weight is 272 g/mol. The van der Waals surface area contributed by atoms with Crippen LogP contribution in [0.1, 0.15) is 11.1 Å². The van der Waals surface area contributed by atoms with Crippen LogP contribution in [-0.4, -0.2) is 13.0 Å². The smallest absolute Gasteiger partial charge is 0.224 e. The van der Waals surface area contributed by atoms with Gasteiger partial charge in [0.25, 0.3) is 0 Å². The summed E-state index contributed by atoms with van der Waals surface area (Å²) in [5.41, 5.74) is 2.79. The molecule has 0 spiro atoms. The lowest BCUT2D eigenvalue weighted by atomic mass is 10.1. The van der Waals surface area contributed by atoms with E-state index >= 15 is 0 Å². The van der Waals surface area contributed by atoms with Crippen molar-refractivity contribution in [2.24, 2.45) is 0 Å². The molecule has 0 aliphatic carbocycles. The largest absolute Gasteiger partial charge is 0.381 e. The van der Waals surface area contributed by atoms with E-state index < -0.39 is 0 Å². The van der Waals surface area contributed by atoms with Crippen LogP contribution in [-0.2, 0) is 17.8 Å². The summed E-state index contributed by atoms with van der Waals surface area (Å²) in [4.78, 5) is 11.2. The second-order valence-electron chi connectivity index (χ2n) is 4.53. The first-order valence-electron chi connectivity index (χ1n) is 6.45. The third-order valence-corrected chi connectivity index (χ3v) is 2.98. The van der Waals surface area contributed by atoms with Crippen LogP contribution in [0.25, 0.3) is 0 Å². The van der Waals surface area contributed by atoms with Gasteiger partial charge >= 0.3 is 0 Å². The summed E-state index contributed by atoms with van der Waals surface area (Å²) in [6.45, 7) is 0.562. The van der Waals surface area contributed by atoms with Crippen molar-refractivity contribution in [3.63, 3.8) is 0 Å². The Kier molecular flexibility index (Phi) is 4.71. The average Bonchev–Trinajstić information content (AvgIpc) is 2.46. The SMILES string of the molecule is CNC(=O)Cc1ccc(NCc2cccc(F)c2)cc1. The Labute approximate surface area is 117 Å². The highest BCUT2D eigenvalue weighted by Crippen LogP contribution is 2.12. The number of hydrogen-bond donors (Lipinski definition) is 2. The predicted octanol–water partition coefficient (Wildman–Crippen LogP) is 2.73. The molecule has 4 heteroatoms. The summed E-state index contributed by atoms with van der Waals surface area (Å²) in [7, 11) is 1.62. The highest BCUT2D eigenvalue weighted by atomic mass is 19.1. The maximum Gasteiger partial charge on any atom is 0.224 e. The number of rotatable bonds is 5. The predicted molar refractivity (Wildman–Crippen MR) is 77.9 cm³/mol. The number of halogens is 1. The standard InChI is InChI=1S/C16H17FN2O/c1-18-16(20)10-12-5-7-15(8-6-12)19-11-13-3-2-4-14(17)9-13/h2-9,19H,10-11H2,1H3,(H,18,20). The number of nitrogens with one attached hydrogen (secondary N) is 2. The van der Waals surface area contributed by atoms with Gasteiger partial charge in [-0.05, 0) is 35.4 Å². The molecule has 1 amide bonds. The maximum absolute atomic E-state index is 13.0. The van der Waals surface area contributed by atoms with Crippen LogP contribution >= 0.6 is 0 Å². The molecule has 2 rings (SSSR count). The van der Waals surface area contributed by atoms with Gasteiger partial charge < -0.3 is 10.6 Å². The fraction of sp³-hybridized carbons (Fsp3) is 0.188. The monoisotopic (exact) mass is 272 g/mol. The van der Waals surface area contributed by atoms with Crippen LogP contribution in [0, 0.1) is 5.82 Å². The second-order valence-corrected chi connectivity index (χ2v) is 4.53. The van der Waals surface area contributed by atoms with Gasteiger partial charge in [0.2, 0.25) is 5.91 Å². The number of hydrogen-bond acceptors (Lipinski definition) is 2. The first-order chi connectivity index (χ1) is 9.67. The van der Waals surface area contributed by atoms with Gasteiger partial charge in [0.05, 0.1) is 6.42 Å². The number of likely N-dealkylation sites (N-methyl/N-ethyl adjacent to an activating group) is 1. The number of carbonyl (C=O) groups excluding carboxylic acids is 1. The summed E-state index contributed by atoms with van der Waals surface area (Å²) in [5, 5.41) is 5.81. The zero-order chi connectivity index (χ0) is 14.4. The van der Waals surface area contributed by atoms with Crippen LogP contribution in [0.2, 0.25) is 0 Å². The van der Waals surface area contributed by atoms with Gasteiger partial charge in [-0.3, -0.25) is 4.79 Å². The molecule has 0 unspecified atom stereocenters. The summed E-state index contributed by atoms with van der Waals surface area (Å²) in [6, 6.07) is 14.1. The summed E-state index contributed by atoms with van der Waals surface area (Å²) in [5.74, 6) is -0.240. The molecule has 0 fully saturated rings. The molecule has 0 atom stereocenters. The molecular weight excluding hydrogens is 255 g/mol. The summed E-state index contributed by atoms with van der Waals surface area (Å²) in [6.07, 6.45) is 0.376. The lowest BCUT2D eigenvalue weighted by Crippen LogP contribution is -2.19. The van der Waals surface area contributed by atoms with Crippen molar-refractivity contribution in [3.8, 4) is 0 Å². The molecule has 0 radical (unpaired) electrons. The Morgan fingerprint density at radius 3 is 2.50 bits per heavy atom. The van der Waals surface area contributed by atoms with Gasteiger partial charge in [0.1, 0.15) is 5.82 Å². The van der Waals surface area contributed by atoms with E-state index in [0.717, 1.165) is 16.8 Å². The molecule has 0 aliphatic heterocycles. The second kappa shape index (κ2) is 6.70. The lowest BCUT2D eigenvalue weighted by Gasteiger charge is -2.08. The molecule has 0 heterocycles. The highest BCUT2D eigenvalue weighted by Gasteiger charge is 2.01. The summed E-state index contributed by atoms with van der Waals surface area (Å²) >= 11 is 0. The maximum atomic E-state index is 13.0. The van der Waals surface area contributed by atoms with Crippen LogP contribution in [0.5, 0.6) is 0 Å². The van der Waals surface area contributed by atoms with Gasteiger partial charge in [-0.1, -0.05) is 24.3 Å². The third kappa shape index (κ3) is 4.09. The molecule has 0 bridgehead atoms. The van der Waals surface area contributed by atoms with Gasteiger partial charge in [-0.25, -0.2) is 4.39 Å². The van der Waals surface area contributed by atoms with E-state index in [0.29, 0.717) is 13.0 Å². The molecule has 20 heavy (non-hydrogen) atoms. The molecular formula is C16H17FN2O. The van der Waals surface area contributed by atoms with Crippen molar-refractivity contribution in [3.05, 3.63) is 65.5 Å². The van der Waals surface area contributed by atoms with Gasteiger partial charge in [0, 0.05) is 19.3 Å². The minimum absolute atomic E-state index is 0.00882. The van der Waals surface area contributed by atoms with E-state index in [1.165, 1.54) is 12.1 Å². The molecule has 0 aliphatic rings. The Balaban J connectivity index is 1.92. The van der Waals surface area contributed by atoms with E-state index in [1.807, 2.05) is 30.3 Å². The molecule has 2 aromatic carbocycles. The number of carbonyl (C=O) groups is 1. The topological polar surface area (TPSA) is 41.1 Å². The number of amides is 1. The van der Waals surface area contributed by atoms with E-state index in [1.54, 1.807) is 13.1 Å². The van der Waals surface area contributed by atoms with Crippen molar-refractivity contribution < 1.29 is 9.18 Å². The van der Waals surface area contributed by atoms with Crippen molar-refractivity contribution in [1.29, 1.82) is 0 Å². The van der Waals surface area contributed by atoms with Crippen molar-refractivity contribution >= 4 is 11.6 Å². The first kappa shape index (κ1) is 14.1. The Morgan fingerprint density at radius 2 is 1.85 bits per heavy atom. The minimum Gasteiger partial charge on any atom is -0.381 e. The minimum atomic E-state index is -0.231. The fourth-order valence-electron chi connectivity index (χ4n) is 1.87. The van der Waals surface area contributed by atoms with Crippen molar-refractivity contribution in [2.75, 3.05) is 12.4 Å². The van der Waals surface area contributed by atoms with Crippen LogP contribution in [0.15, 0.2) is 48.5 Å². The highest BCUT2D eigenvalue weighted by molar-refractivity contribution is 5.78. The lowest BCUT2D eigenvalue weighted by molar-refractivity contribution is -0.119. The van der Waals surface area contributed by atoms with Crippen LogP contribution < -0.4 is 10.6 Å². The fourth-order valence-corrected chi connectivity index (χ4v) is 1.87. The quantitative estimate of drug-likeness (QED) is 0.878. The molecule has 2 aromatic rings. The first-order valence-corrected chi connectivity index (χ1v) is 6.45. The van der Waals surface area contributed by atoms with E-state index in [2.05, 4.69) is 10.6 Å². The van der Waals surface area contributed by atoms with Gasteiger partial charge in [-0.15, -0.1) is 0 Å². The van der Waals surface area contributed by atoms with E-state index in [4.69, 9.17) is 0 Å².